The van der Waals surface area contributed by atoms with E-state index in [1.807, 2.05) is 0 Å². The lowest BCUT2D eigenvalue weighted by molar-refractivity contribution is 0.590. The molecule has 0 aliphatic carbocycles. The molecule has 6 heteroatoms. The molecule has 0 N–H and O–H groups in total. The SMILES string of the molecule is CC(C)(C)c1ccc(N2B3c4cc5c(cc4-n4c6ccc(C(C)(C)C)cc6c6c7oc8ccccc8c7c(c3c64)-c3cc4oc6ccc(C(C)(C)C)cc6c4cc32)oc2ccccc25)cc1. The van der Waals surface area contributed by atoms with Gasteiger partial charge in [0.2, 0.25) is 0 Å². The highest BCUT2D eigenvalue weighted by molar-refractivity contribution is 6.94. The molecule has 0 saturated heterocycles. The first-order chi connectivity index (χ1) is 31.6. The average molecular weight is 857 g/mol. The molecule has 0 unspecified atom stereocenters. The summed E-state index contributed by atoms with van der Waals surface area (Å²) < 4.78 is 23.4. The van der Waals surface area contributed by atoms with Crippen molar-refractivity contribution in [2.75, 3.05) is 4.81 Å². The zero-order chi connectivity index (χ0) is 44.9. The van der Waals surface area contributed by atoms with Crippen LogP contribution in [-0.2, 0) is 16.2 Å². The van der Waals surface area contributed by atoms with Gasteiger partial charge in [0.05, 0.1) is 16.4 Å². The third kappa shape index (κ3) is 4.97. The standard InChI is InChI=1S/C60H49BN2O3/c1-58(2,3)32-18-22-35(23-19-32)63-45-29-40-38-26-34(60(7,8)9)21-25-49(38)65-50(40)30-42(45)52-53-37-15-11-13-17-48(37)66-57(53)54-41-27-33(59(4,5)6)20-24-44(41)62-46-31-51-39(36-14-10-12-16-47(36)64-51)28-43(46)61(63)55(52)56(54)62/h10-31H,1-9H3. The Morgan fingerprint density at radius 1 is 0.439 bits per heavy atom. The molecule has 5 nitrogen and oxygen atoms in total. The molecule has 0 fully saturated rings. The maximum Gasteiger partial charge on any atom is 0.333 e. The van der Waals surface area contributed by atoms with Crippen molar-refractivity contribution in [2.45, 2.75) is 78.6 Å². The Bertz CT molecular complexity index is 4120. The lowest BCUT2D eigenvalue weighted by Gasteiger charge is -2.42. The minimum absolute atomic E-state index is 0.00406. The van der Waals surface area contributed by atoms with Crippen LogP contribution in [0.2, 0.25) is 0 Å². The van der Waals surface area contributed by atoms with Gasteiger partial charge >= 0.3 is 6.85 Å². The lowest BCUT2D eigenvalue weighted by Crippen LogP contribution is -2.60. The third-order valence-electron chi connectivity index (χ3n) is 15.0. The molecule has 8 aromatic carbocycles. The Hall–Kier alpha value is -7.18. The smallest absolute Gasteiger partial charge is 0.333 e. The van der Waals surface area contributed by atoms with Crippen LogP contribution in [0, 0.1) is 0 Å². The van der Waals surface area contributed by atoms with Crippen molar-refractivity contribution < 1.29 is 13.3 Å². The van der Waals surface area contributed by atoms with Gasteiger partial charge in [0, 0.05) is 66.4 Å². The van der Waals surface area contributed by atoms with Crippen molar-refractivity contribution in [3.05, 3.63) is 150 Å². The fraction of sp³-hybridized carbons (Fsp3) is 0.200. The van der Waals surface area contributed by atoms with Gasteiger partial charge in [0.15, 0.2) is 0 Å². The molecular weight excluding hydrogens is 807 g/mol. The minimum Gasteiger partial charge on any atom is -0.456 e. The van der Waals surface area contributed by atoms with Crippen LogP contribution in [0.15, 0.2) is 147 Å². The highest BCUT2D eigenvalue weighted by atomic mass is 16.3. The molecule has 4 aromatic heterocycles. The van der Waals surface area contributed by atoms with Gasteiger partial charge in [-0.15, -0.1) is 0 Å². The van der Waals surface area contributed by atoms with Gasteiger partial charge < -0.3 is 22.6 Å². The van der Waals surface area contributed by atoms with Gasteiger partial charge in [-0.1, -0.05) is 129 Å². The van der Waals surface area contributed by atoms with Crippen LogP contribution in [0.3, 0.4) is 0 Å². The summed E-state index contributed by atoms with van der Waals surface area (Å²) in [5.74, 6) is 0. The van der Waals surface area contributed by atoms with E-state index in [1.54, 1.807) is 0 Å². The van der Waals surface area contributed by atoms with Crippen molar-refractivity contribution in [1.29, 1.82) is 0 Å². The lowest BCUT2D eigenvalue weighted by atomic mass is 9.43. The van der Waals surface area contributed by atoms with E-state index in [0.29, 0.717) is 0 Å². The van der Waals surface area contributed by atoms with Gasteiger partial charge in [0.1, 0.15) is 33.5 Å². The zero-order valence-electron chi connectivity index (χ0n) is 38.9. The number of nitrogens with zero attached hydrogens (tertiary/aromatic N) is 2. The first-order valence-corrected chi connectivity index (χ1v) is 23.4. The summed E-state index contributed by atoms with van der Waals surface area (Å²) in [6.45, 7) is 20.4. The summed E-state index contributed by atoms with van der Waals surface area (Å²) in [5.41, 5.74) is 19.7. The van der Waals surface area contributed by atoms with Gasteiger partial charge in [-0.2, -0.15) is 0 Å². The topological polar surface area (TPSA) is 47.6 Å². The normalized spacial score (nSPS) is 14.1. The Morgan fingerprint density at radius 3 is 1.73 bits per heavy atom. The zero-order valence-corrected chi connectivity index (χ0v) is 38.9. The molecule has 12 aromatic rings. The molecule has 14 rings (SSSR count). The summed E-state index contributed by atoms with van der Waals surface area (Å²) in [6.07, 6.45) is 0. The second kappa shape index (κ2) is 12.4. The molecule has 0 saturated carbocycles. The largest absolute Gasteiger partial charge is 0.456 e. The van der Waals surface area contributed by atoms with Crippen LogP contribution >= 0.6 is 0 Å². The van der Waals surface area contributed by atoms with Crippen molar-refractivity contribution in [1.82, 2.24) is 4.57 Å². The highest BCUT2D eigenvalue weighted by Gasteiger charge is 2.47. The Labute approximate surface area is 383 Å². The molecule has 320 valence electrons. The molecule has 0 bridgehead atoms. The third-order valence-corrected chi connectivity index (χ3v) is 15.0. The predicted octanol–water partition coefficient (Wildman–Crippen LogP) is 15.6. The van der Waals surface area contributed by atoms with Crippen LogP contribution in [0.1, 0.15) is 79.0 Å². The van der Waals surface area contributed by atoms with E-state index in [4.69, 9.17) is 13.3 Å². The summed E-state index contributed by atoms with van der Waals surface area (Å²) in [4.78, 5) is 2.64. The van der Waals surface area contributed by atoms with Crippen molar-refractivity contribution in [3.8, 4) is 16.8 Å². The fourth-order valence-electron chi connectivity index (χ4n) is 11.6. The van der Waals surface area contributed by atoms with Crippen molar-refractivity contribution in [2.24, 2.45) is 0 Å². The van der Waals surface area contributed by atoms with Gasteiger partial charge in [0.25, 0.3) is 0 Å². The summed E-state index contributed by atoms with van der Waals surface area (Å²) in [7, 11) is 0. The van der Waals surface area contributed by atoms with E-state index in [9.17, 15) is 0 Å². The van der Waals surface area contributed by atoms with Crippen LogP contribution in [0.5, 0.6) is 0 Å². The average Bonchev–Trinajstić information content (AvgIpc) is 4.04. The number of rotatable bonds is 1. The van der Waals surface area contributed by atoms with Crippen LogP contribution in [0.4, 0.5) is 11.4 Å². The van der Waals surface area contributed by atoms with E-state index in [-0.39, 0.29) is 23.1 Å². The minimum atomic E-state index is -0.221. The van der Waals surface area contributed by atoms with E-state index in [2.05, 4.69) is 205 Å². The van der Waals surface area contributed by atoms with E-state index in [0.717, 1.165) is 99.3 Å². The van der Waals surface area contributed by atoms with Gasteiger partial charge in [-0.05, 0) is 110 Å². The Morgan fingerprint density at radius 2 is 1.02 bits per heavy atom. The molecule has 2 aliphatic heterocycles. The summed E-state index contributed by atoms with van der Waals surface area (Å²) in [6, 6.07) is 49.7. The van der Waals surface area contributed by atoms with Gasteiger partial charge in [-0.3, -0.25) is 0 Å². The number of fused-ring (bicyclic) bond motifs is 19. The molecule has 6 heterocycles. The Kier molecular flexibility index (Phi) is 7.15. The molecule has 0 spiro atoms. The predicted molar refractivity (Wildman–Crippen MR) is 278 cm³/mol. The molecule has 2 aliphatic rings. The summed E-state index contributed by atoms with van der Waals surface area (Å²) >= 11 is 0. The highest BCUT2D eigenvalue weighted by Crippen LogP contribution is 2.53. The Balaban J connectivity index is 1.23. The first-order valence-electron chi connectivity index (χ1n) is 23.4. The monoisotopic (exact) mass is 856 g/mol. The second-order valence-corrected chi connectivity index (χ2v) is 22.1. The maximum absolute atomic E-state index is 7.22. The number of hydrogen-bond acceptors (Lipinski definition) is 4. The van der Waals surface area contributed by atoms with E-state index >= 15 is 0 Å². The first kappa shape index (κ1) is 38.1. The number of anilines is 2. The number of benzene rings is 8. The number of para-hydroxylation sites is 2. The van der Waals surface area contributed by atoms with E-state index < -0.39 is 0 Å². The van der Waals surface area contributed by atoms with Crippen LogP contribution < -0.4 is 15.7 Å². The molecule has 0 atom stereocenters. The quantitative estimate of drug-likeness (QED) is 0.154. The number of furan rings is 3. The maximum atomic E-state index is 7.22. The second-order valence-electron chi connectivity index (χ2n) is 22.1. The summed E-state index contributed by atoms with van der Waals surface area (Å²) in [5, 5.41) is 9.07. The number of aromatic nitrogens is 1. The van der Waals surface area contributed by atoms with E-state index in [1.165, 1.54) is 44.1 Å². The number of hydrogen-bond donors (Lipinski definition) is 0. The molecule has 0 amide bonds. The van der Waals surface area contributed by atoms with Crippen molar-refractivity contribution >= 4 is 117 Å². The van der Waals surface area contributed by atoms with Crippen LogP contribution in [-0.4, -0.2) is 11.4 Å². The van der Waals surface area contributed by atoms with Crippen LogP contribution in [0.25, 0.3) is 104 Å². The molecule has 66 heavy (non-hydrogen) atoms. The van der Waals surface area contributed by atoms with Gasteiger partial charge in [-0.25, -0.2) is 0 Å². The fourth-order valence-corrected chi connectivity index (χ4v) is 11.6. The molecule has 0 radical (unpaired) electrons. The van der Waals surface area contributed by atoms with Crippen molar-refractivity contribution in [3.63, 3.8) is 0 Å². The molecular formula is C60H49BN2O3.